The van der Waals surface area contributed by atoms with Crippen molar-refractivity contribution in [3.05, 3.63) is 70.1 Å². The molecule has 1 aliphatic carbocycles. The van der Waals surface area contributed by atoms with E-state index in [2.05, 4.69) is 16.9 Å². The van der Waals surface area contributed by atoms with Crippen LogP contribution in [0.4, 0.5) is 11.4 Å². The SMILES string of the molecule is C=CC(=O)Nc1cc(C2=NC=c3ccc4c(c3C2)N=C2CCC(=O)C=42)ccc1C. The summed E-state index contributed by atoms with van der Waals surface area (Å²) in [6.45, 7) is 5.45. The van der Waals surface area contributed by atoms with Crippen molar-refractivity contribution >= 4 is 46.3 Å². The molecule has 0 saturated heterocycles. The molecule has 2 heterocycles. The molecule has 2 aliphatic heterocycles. The summed E-state index contributed by atoms with van der Waals surface area (Å²) in [6.07, 6.45) is 5.04. The monoisotopic (exact) mass is 381 g/mol. The first-order chi connectivity index (χ1) is 14.0. The molecule has 0 spiro atoms. The van der Waals surface area contributed by atoms with E-state index in [1.165, 1.54) is 6.08 Å². The van der Waals surface area contributed by atoms with Crippen molar-refractivity contribution < 1.29 is 9.59 Å². The van der Waals surface area contributed by atoms with Crippen LogP contribution < -0.4 is 15.8 Å². The number of carbonyl (C=O) groups is 2. The molecule has 0 unspecified atom stereocenters. The average Bonchev–Trinajstić information content (AvgIpc) is 3.29. The van der Waals surface area contributed by atoms with Gasteiger partial charge in [-0.2, -0.15) is 0 Å². The van der Waals surface area contributed by atoms with Gasteiger partial charge in [0.1, 0.15) is 0 Å². The zero-order chi connectivity index (χ0) is 20.1. The molecule has 0 radical (unpaired) electrons. The largest absolute Gasteiger partial charge is 0.322 e. The molecule has 2 aromatic rings. The van der Waals surface area contributed by atoms with Crippen LogP contribution in [-0.2, 0) is 16.0 Å². The second-order valence-corrected chi connectivity index (χ2v) is 7.49. The molecular weight excluding hydrogens is 362 g/mol. The second kappa shape index (κ2) is 6.48. The number of hydrogen-bond acceptors (Lipinski definition) is 4. The van der Waals surface area contributed by atoms with Gasteiger partial charge in [0.05, 0.1) is 17.1 Å². The molecule has 1 saturated carbocycles. The number of aliphatic imine (C=N–C) groups is 2. The molecule has 0 bridgehead atoms. The summed E-state index contributed by atoms with van der Waals surface area (Å²) in [4.78, 5) is 33.5. The Kier molecular flexibility index (Phi) is 3.91. The van der Waals surface area contributed by atoms with E-state index < -0.39 is 0 Å². The van der Waals surface area contributed by atoms with Crippen LogP contribution in [0, 0.1) is 6.92 Å². The van der Waals surface area contributed by atoms with Crippen molar-refractivity contribution in [2.24, 2.45) is 9.98 Å². The minimum Gasteiger partial charge on any atom is -0.322 e. The first-order valence-electron chi connectivity index (χ1n) is 9.64. The van der Waals surface area contributed by atoms with Crippen LogP contribution in [-0.4, -0.2) is 23.1 Å². The summed E-state index contributed by atoms with van der Waals surface area (Å²) in [5.74, 6) is -0.0492. The summed E-state index contributed by atoms with van der Waals surface area (Å²) in [5, 5.41) is 4.84. The van der Waals surface area contributed by atoms with Crippen LogP contribution in [0.15, 0.2) is 53.0 Å². The number of ketones is 1. The highest BCUT2D eigenvalue weighted by Gasteiger charge is 2.31. The van der Waals surface area contributed by atoms with E-state index in [1.807, 2.05) is 43.5 Å². The van der Waals surface area contributed by atoms with Crippen molar-refractivity contribution in [2.75, 3.05) is 5.32 Å². The summed E-state index contributed by atoms with van der Waals surface area (Å²) in [5.41, 5.74) is 7.32. The predicted molar refractivity (Wildman–Crippen MR) is 115 cm³/mol. The highest BCUT2D eigenvalue weighted by atomic mass is 16.1. The lowest BCUT2D eigenvalue weighted by molar-refractivity contribution is -0.113. The lowest BCUT2D eigenvalue weighted by Gasteiger charge is -2.15. The van der Waals surface area contributed by atoms with Gasteiger partial charge in [0, 0.05) is 35.5 Å². The van der Waals surface area contributed by atoms with Crippen molar-refractivity contribution in [1.29, 1.82) is 0 Å². The molecule has 5 nitrogen and oxygen atoms in total. The van der Waals surface area contributed by atoms with Crippen LogP contribution in [0.25, 0.3) is 11.8 Å². The maximum Gasteiger partial charge on any atom is 0.247 e. The highest BCUT2D eigenvalue weighted by molar-refractivity contribution is 6.48. The van der Waals surface area contributed by atoms with E-state index in [0.717, 1.165) is 61.9 Å². The lowest BCUT2D eigenvalue weighted by Crippen LogP contribution is -2.23. The number of nitrogens with zero attached hydrogens (tertiary/aromatic N) is 2. The number of benzene rings is 2. The third kappa shape index (κ3) is 2.78. The van der Waals surface area contributed by atoms with Crippen LogP contribution in [0.5, 0.6) is 0 Å². The maximum atomic E-state index is 12.3. The third-order valence-electron chi connectivity index (χ3n) is 5.71. The quantitative estimate of drug-likeness (QED) is 0.830. The van der Waals surface area contributed by atoms with E-state index in [1.54, 1.807) is 0 Å². The normalized spacial score (nSPS) is 16.3. The molecule has 2 aromatic carbocycles. The third-order valence-corrected chi connectivity index (χ3v) is 5.71. The van der Waals surface area contributed by atoms with E-state index >= 15 is 0 Å². The zero-order valence-electron chi connectivity index (χ0n) is 16.1. The Balaban J connectivity index is 1.57. The van der Waals surface area contributed by atoms with Gasteiger partial charge >= 0.3 is 0 Å². The number of nitrogens with one attached hydrogen (secondary N) is 1. The van der Waals surface area contributed by atoms with Crippen LogP contribution in [0.2, 0.25) is 0 Å². The summed E-state index contributed by atoms with van der Waals surface area (Å²) in [6, 6.07) is 9.95. The molecule has 0 atom stereocenters. The van der Waals surface area contributed by atoms with Crippen molar-refractivity contribution in [2.45, 2.75) is 26.2 Å². The van der Waals surface area contributed by atoms with E-state index in [4.69, 9.17) is 4.99 Å². The van der Waals surface area contributed by atoms with Crippen molar-refractivity contribution in [1.82, 2.24) is 0 Å². The Labute approximate surface area is 167 Å². The van der Waals surface area contributed by atoms with Gasteiger partial charge in [-0.1, -0.05) is 30.8 Å². The first-order valence-corrected chi connectivity index (χ1v) is 9.64. The number of rotatable bonds is 3. The molecule has 0 aromatic heterocycles. The van der Waals surface area contributed by atoms with Gasteiger partial charge < -0.3 is 5.32 Å². The van der Waals surface area contributed by atoms with Crippen molar-refractivity contribution in [3.8, 4) is 0 Å². The van der Waals surface area contributed by atoms with Crippen LogP contribution in [0.1, 0.15) is 29.5 Å². The fourth-order valence-corrected chi connectivity index (χ4v) is 4.14. The number of amides is 1. The highest BCUT2D eigenvalue weighted by Crippen LogP contribution is 2.30. The van der Waals surface area contributed by atoms with Crippen LogP contribution >= 0.6 is 0 Å². The Hall–Kier alpha value is -3.60. The van der Waals surface area contributed by atoms with Gasteiger partial charge in [-0.05, 0) is 47.4 Å². The molecule has 3 aliphatic rings. The summed E-state index contributed by atoms with van der Waals surface area (Å²) >= 11 is 0. The van der Waals surface area contributed by atoms with Gasteiger partial charge in [0.15, 0.2) is 5.78 Å². The van der Waals surface area contributed by atoms with Gasteiger partial charge in [0.25, 0.3) is 0 Å². The standard InChI is InChI=1S/C24H19N3O2/c1-3-22(29)26-19-10-14(5-4-13(19)2)20-11-17-15(12-25-20)6-7-16-23-18(27-24(16)17)8-9-21(23)28/h3-7,10,12H,1,8-9,11H2,2H3,(H,26,29). The predicted octanol–water partition coefficient (Wildman–Crippen LogP) is 2.50. The van der Waals surface area contributed by atoms with Gasteiger partial charge in [-0.25, -0.2) is 0 Å². The van der Waals surface area contributed by atoms with E-state index in [-0.39, 0.29) is 11.7 Å². The molecule has 1 N–H and O–H groups in total. The second-order valence-electron chi connectivity index (χ2n) is 7.49. The lowest BCUT2D eigenvalue weighted by atomic mass is 9.95. The number of hydrogen-bond donors (Lipinski definition) is 1. The molecule has 29 heavy (non-hydrogen) atoms. The van der Waals surface area contributed by atoms with Gasteiger partial charge in [-0.3, -0.25) is 19.6 Å². The molecule has 5 heteroatoms. The van der Waals surface area contributed by atoms with Gasteiger partial charge in [-0.15, -0.1) is 0 Å². The Morgan fingerprint density at radius 2 is 2.03 bits per heavy atom. The van der Waals surface area contributed by atoms with Gasteiger partial charge in [0.2, 0.25) is 5.91 Å². The number of anilines is 1. The Morgan fingerprint density at radius 1 is 1.17 bits per heavy atom. The average molecular weight is 381 g/mol. The smallest absolute Gasteiger partial charge is 0.247 e. The van der Waals surface area contributed by atoms with E-state index in [9.17, 15) is 9.59 Å². The summed E-state index contributed by atoms with van der Waals surface area (Å²) < 4.78 is 0. The minimum atomic E-state index is -0.241. The first kappa shape index (κ1) is 17.5. The van der Waals surface area contributed by atoms with Crippen LogP contribution in [0.3, 0.4) is 0 Å². The number of fused-ring (bicyclic) bond motifs is 4. The molecular formula is C24H19N3O2. The Morgan fingerprint density at radius 3 is 2.86 bits per heavy atom. The zero-order valence-corrected chi connectivity index (χ0v) is 16.1. The fourth-order valence-electron chi connectivity index (χ4n) is 4.14. The van der Waals surface area contributed by atoms with Crippen molar-refractivity contribution in [3.63, 3.8) is 0 Å². The molecule has 5 rings (SSSR count). The fraction of sp³-hybridized carbons (Fsp3) is 0.167. The number of Topliss-reactive ketones (excluding diaryl/α,β-unsaturated/α-hetero) is 1. The molecule has 1 amide bonds. The maximum absolute atomic E-state index is 12.3. The topological polar surface area (TPSA) is 70.9 Å². The molecule has 142 valence electrons. The minimum absolute atomic E-state index is 0.192. The van der Waals surface area contributed by atoms with E-state index in [0.29, 0.717) is 12.8 Å². The summed E-state index contributed by atoms with van der Waals surface area (Å²) in [7, 11) is 0. The number of carbonyl (C=O) groups excluding carboxylic acids is 2. The number of aryl methyl sites for hydroxylation is 1. The Bertz CT molecular complexity index is 1310. The molecule has 1 fully saturated rings.